The van der Waals surface area contributed by atoms with Gasteiger partial charge in [0.25, 0.3) is 5.78 Å². The number of benzene rings is 3. The monoisotopic (exact) mass is 488 g/mol. The fourth-order valence-electron chi connectivity index (χ4n) is 4.11. The van der Waals surface area contributed by atoms with Crippen molar-refractivity contribution in [3.05, 3.63) is 94.8 Å². The highest BCUT2D eigenvalue weighted by molar-refractivity contribution is 7.22. The highest BCUT2D eigenvalue weighted by Gasteiger charge is 2.48. The Balaban J connectivity index is 1.70. The second-order valence-corrected chi connectivity index (χ2v) is 9.15. The summed E-state index contributed by atoms with van der Waals surface area (Å²) < 4.78 is 19.9. The lowest BCUT2D eigenvalue weighted by Crippen LogP contribution is -2.29. The van der Waals surface area contributed by atoms with Gasteiger partial charge in [0, 0.05) is 5.56 Å². The summed E-state index contributed by atoms with van der Waals surface area (Å²) >= 11 is 1.11. The van der Waals surface area contributed by atoms with Crippen LogP contribution in [-0.4, -0.2) is 28.4 Å². The Bertz CT molecular complexity index is 1480. The van der Waals surface area contributed by atoms with E-state index in [0.29, 0.717) is 33.7 Å². The minimum Gasteiger partial charge on any atom is -0.507 e. The van der Waals surface area contributed by atoms with Gasteiger partial charge in [0.2, 0.25) is 0 Å². The van der Waals surface area contributed by atoms with Gasteiger partial charge >= 0.3 is 5.91 Å². The zero-order chi connectivity index (χ0) is 24.7. The molecule has 0 spiro atoms. The third-order valence-corrected chi connectivity index (χ3v) is 6.84. The Kier molecular flexibility index (Phi) is 5.82. The molecule has 3 aromatic carbocycles. The number of fused-ring (bicyclic) bond motifs is 1. The molecule has 8 heteroatoms. The third kappa shape index (κ3) is 4.06. The first-order chi connectivity index (χ1) is 16.9. The Morgan fingerprint density at radius 2 is 1.80 bits per heavy atom. The molecule has 6 nitrogen and oxygen atoms in total. The molecule has 5 rings (SSSR count). The minimum atomic E-state index is -0.919. The van der Waals surface area contributed by atoms with Crippen molar-refractivity contribution < 1.29 is 23.8 Å². The number of anilines is 1. The number of carbonyl (C=O) groups excluding carboxylic acids is 2. The van der Waals surface area contributed by atoms with Crippen LogP contribution in [-0.2, 0) is 9.59 Å². The summed E-state index contributed by atoms with van der Waals surface area (Å²) in [7, 11) is 0. The maximum atomic E-state index is 13.8. The molecule has 0 radical (unpaired) electrons. The first-order valence-electron chi connectivity index (χ1n) is 11.0. The van der Waals surface area contributed by atoms with E-state index in [2.05, 4.69) is 4.98 Å². The van der Waals surface area contributed by atoms with Crippen LogP contribution in [0.25, 0.3) is 16.0 Å². The number of aliphatic hydroxyl groups excluding tert-OH is 1. The van der Waals surface area contributed by atoms with E-state index < -0.39 is 23.5 Å². The van der Waals surface area contributed by atoms with Crippen molar-refractivity contribution >= 4 is 44.1 Å². The molecule has 0 aliphatic carbocycles. The number of halogens is 1. The number of amides is 1. The second-order valence-electron chi connectivity index (χ2n) is 8.15. The summed E-state index contributed by atoms with van der Waals surface area (Å²) in [5.41, 5.74) is 2.50. The highest BCUT2D eigenvalue weighted by Crippen LogP contribution is 2.44. The lowest BCUT2D eigenvalue weighted by molar-refractivity contribution is -0.132. The molecule has 176 valence electrons. The second kappa shape index (κ2) is 8.96. The molecule has 1 N–H and O–H groups in total. The van der Waals surface area contributed by atoms with Gasteiger partial charge in [-0.05, 0) is 49.7 Å². The van der Waals surface area contributed by atoms with Crippen LogP contribution in [0.5, 0.6) is 5.75 Å². The van der Waals surface area contributed by atoms with Crippen molar-refractivity contribution in [2.45, 2.75) is 19.9 Å². The van der Waals surface area contributed by atoms with E-state index in [4.69, 9.17) is 4.74 Å². The Morgan fingerprint density at radius 3 is 2.49 bits per heavy atom. The van der Waals surface area contributed by atoms with Gasteiger partial charge in [-0.3, -0.25) is 14.5 Å². The number of ether oxygens (including phenoxy) is 1. The molecular formula is C27H21FN2O4S. The van der Waals surface area contributed by atoms with Crippen molar-refractivity contribution in [1.29, 1.82) is 0 Å². The maximum Gasteiger partial charge on any atom is 0.301 e. The molecule has 0 bridgehead atoms. The van der Waals surface area contributed by atoms with Crippen LogP contribution in [0.4, 0.5) is 9.52 Å². The van der Waals surface area contributed by atoms with Crippen LogP contribution in [0.3, 0.4) is 0 Å². The van der Waals surface area contributed by atoms with E-state index in [-0.39, 0.29) is 16.5 Å². The van der Waals surface area contributed by atoms with Crippen molar-refractivity contribution in [3.8, 4) is 5.75 Å². The topological polar surface area (TPSA) is 79.7 Å². The number of nitrogens with zero attached hydrogens (tertiary/aromatic N) is 2. The number of ketones is 1. The molecule has 4 aromatic rings. The number of aromatic nitrogens is 1. The van der Waals surface area contributed by atoms with E-state index >= 15 is 0 Å². The summed E-state index contributed by atoms with van der Waals surface area (Å²) in [6, 6.07) is 17.3. The van der Waals surface area contributed by atoms with Crippen molar-refractivity contribution in [1.82, 2.24) is 4.98 Å². The Morgan fingerprint density at radius 1 is 1.09 bits per heavy atom. The first kappa shape index (κ1) is 22.7. The van der Waals surface area contributed by atoms with Gasteiger partial charge in [0.1, 0.15) is 17.3 Å². The number of aryl methyl sites for hydroxylation is 1. The number of Topliss-reactive ketones (excluding diaryl/α,β-unsaturated/α-hetero) is 1. The van der Waals surface area contributed by atoms with E-state index in [9.17, 15) is 19.1 Å². The van der Waals surface area contributed by atoms with Crippen LogP contribution >= 0.6 is 11.3 Å². The number of hydrogen-bond donors (Lipinski definition) is 1. The van der Waals surface area contributed by atoms with Crippen LogP contribution in [0.15, 0.2) is 72.3 Å². The van der Waals surface area contributed by atoms with Gasteiger partial charge < -0.3 is 9.84 Å². The minimum absolute atomic E-state index is 0.0338. The Hall–Kier alpha value is -4.04. The summed E-state index contributed by atoms with van der Waals surface area (Å²) in [4.78, 5) is 32.4. The summed E-state index contributed by atoms with van der Waals surface area (Å²) in [5.74, 6) is -1.67. The molecule has 1 atom stereocenters. The lowest BCUT2D eigenvalue weighted by Gasteiger charge is -2.23. The standard InChI is InChI=1S/C27H21FN2O4S/c1-3-34-19-11-8-16(9-12-19)23-22(24(31)17-6-4-15(2)5-7-17)25(32)26(33)30(23)27-29-20-13-10-18(28)14-21(20)35-27/h4-14,23,31H,3H2,1-2H3/b24-22+/t23-/m1/s1. The van der Waals surface area contributed by atoms with Crippen LogP contribution in [0, 0.1) is 12.7 Å². The molecule has 1 saturated heterocycles. The van der Waals surface area contributed by atoms with E-state index in [1.165, 1.54) is 23.1 Å². The summed E-state index contributed by atoms with van der Waals surface area (Å²) in [5, 5.41) is 11.4. The zero-order valence-corrected chi connectivity index (χ0v) is 19.8. The molecule has 1 amide bonds. The van der Waals surface area contributed by atoms with Crippen LogP contribution < -0.4 is 9.64 Å². The quantitative estimate of drug-likeness (QED) is 0.219. The average Bonchev–Trinajstić information content (AvgIpc) is 3.37. The maximum absolute atomic E-state index is 13.8. The van der Waals surface area contributed by atoms with Gasteiger partial charge in [-0.1, -0.05) is 53.3 Å². The smallest absolute Gasteiger partial charge is 0.301 e. The predicted octanol–water partition coefficient (Wildman–Crippen LogP) is 5.77. The number of hydrogen-bond acceptors (Lipinski definition) is 6. The molecule has 1 aromatic heterocycles. The van der Waals surface area contributed by atoms with Crippen molar-refractivity contribution in [3.63, 3.8) is 0 Å². The third-order valence-electron chi connectivity index (χ3n) is 5.82. The number of thiazole rings is 1. The van der Waals surface area contributed by atoms with E-state index in [1.807, 2.05) is 26.0 Å². The van der Waals surface area contributed by atoms with Gasteiger partial charge in [-0.2, -0.15) is 0 Å². The van der Waals surface area contributed by atoms with E-state index in [0.717, 1.165) is 16.9 Å². The lowest BCUT2D eigenvalue weighted by atomic mass is 9.95. The normalized spacial score (nSPS) is 17.3. The molecule has 2 heterocycles. The molecular weight excluding hydrogens is 467 g/mol. The number of rotatable bonds is 5. The zero-order valence-electron chi connectivity index (χ0n) is 19.0. The highest BCUT2D eigenvalue weighted by atomic mass is 32.1. The van der Waals surface area contributed by atoms with Crippen molar-refractivity contribution in [2.24, 2.45) is 0 Å². The first-order valence-corrected chi connectivity index (χ1v) is 11.9. The summed E-state index contributed by atoms with van der Waals surface area (Å²) in [6.07, 6.45) is 0. The van der Waals surface area contributed by atoms with Crippen LogP contribution in [0.2, 0.25) is 0 Å². The fourth-order valence-corrected chi connectivity index (χ4v) is 5.13. The van der Waals surface area contributed by atoms with Gasteiger partial charge in [-0.15, -0.1) is 0 Å². The molecule has 0 unspecified atom stereocenters. The average molecular weight is 489 g/mol. The predicted molar refractivity (Wildman–Crippen MR) is 133 cm³/mol. The molecule has 35 heavy (non-hydrogen) atoms. The van der Waals surface area contributed by atoms with Crippen LogP contribution in [0.1, 0.15) is 29.7 Å². The number of aliphatic hydroxyl groups is 1. The van der Waals surface area contributed by atoms with Gasteiger partial charge in [0.15, 0.2) is 5.13 Å². The van der Waals surface area contributed by atoms with Crippen molar-refractivity contribution in [2.75, 3.05) is 11.5 Å². The molecule has 1 aliphatic rings. The SMILES string of the molecule is CCOc1ccc([C@@H]2/C(=C(\O)c3ccc(C)cc3)C(=O)C(=O)N2c2nc3ccc(F)cc3s2)cc1. The van der Waals surface area contributed by atoms with Gasteiger partial charge in [-0.25, -0.2) is 9.37 Å². The van der Waals surface area contributed by atoms with E-state index in [1.54, 1.807) is 36.4 Å². The molecule has 0 saturated carbocycles. The largest absolute Gasteiger partial charge is 0.507 e. The molecule has 1 aliphatic heterocycles. The Labute approximate surface area is 204 Å². The molecule has 1 fully saturated rings. The number of carbonyl (C=O) groups is 2. The van der Waals surface area contributed by atoms with Gasteiger partial charge in [0.05, 0.1) is 28.4 Å². The summed E-state index contributed by atoms with van der Waals surface area (Å²) in [6.45, 7) is 4.28. The fraction of sp³-hybridized carbons (Fsp3) is 0.148.